The zero-order valence-electron chi connectivity index (χ0n) is 15.1. The van der Waals surface area contributed by atoms with Crippen LogP contribution in [0.25, 0.3) is 0 Å². The van der Waals surface area contributed by atoms with Gasteiger partial charge in [0.2, 0.25) is 0 Å². The predicted octanol–water partition coefficient (Wildman–Crippen LogP) is 3.75. The van der Waals surface area contributed by atoms with Gasteiger partial charge in [0.25, 0.3) is 0 Å². The average molecular weight is 381 g/mol. The summed E-state index contributed by atoms with van der Waals surface area (Å²) in [5.74, 6) is 0.844. The zero-order chi connectivity index (χ0) is 18.2. The number of ether oxygens (including phenoxy) is 1. The molecule has 0 radical (unpaired) electrons. The lowest BCUT2D eigenvalue weighted by atomic mass is 10.1. The van der Waals surface area contributed by atoms with E-state index in [1.165, 1.54) is 5.56 Å². The molecule has 25 heavy (non-hydrogen) atoms. The summed E-state index contributed by atoms with van der Waals surface area (Å²) in [6.45, 7) is 3.49. The minimum Gasteiger partial charge on any atom is -0.375 e. The molecule has 0 aliphatic heterocycles. The van der Waals surface area contributed by atoms with Crippen molar-refractivity contribution in [3.8, 4) is 0 Å². The molecule has 1 aromatic heterocycles. The van der Waals surface area contributed by atoms with Crippen molar-refractivity contribution in [2.75, 3.05) is 27.7 Å². The summed E-state index contributed by atoms with van der Waals surface area (Å²) < 4.78 is 5.32. The van der Waals surface area contributed by atoms with Crippen LogP contribution in [0.15, 0.2) is 34.6 Å². The van der Waals surface area contributed by atoms with Crippen molar-refractivity contribution in [3.63, 3.8) is 0 Å². The fourth-order valence-electron chi connectivity index (χ4n) is 2.40. The second-order valence-electron chi connectivity index (χ2n) is 5.76. The fourth-order valence-corrected chi connectivity index (χ4v) is 3.45. The lowest BCUT2D eigenvalue weighted by Crippen LogP contribution is -2.39. The van der Waals surface area contributed by atoms with Gasteiger partial charge in [-0.15, -0.1) is 11.3 Å². The molecule has 0 spiro atoms. The van der Waals surface area contributed by atoms with Crippen LogP contribution in [0, 0.1) is 0 Å². The SMILES string of the molecule is CN=C(NCCc1cccc(Cl)c1)N(C)Cc1csc(C(C)OC)n1. The van der Waals surface area contributed by atoms with E-state index in [0.29, 0.717) is 6.54 Å². The Morgan fingerprint density at radius 3 is 2.96 bits per heavy atom. The van der Waals surface area contributed by atoms with Crippen molar-refractivity contribution in [1.82, 2.24) is 15.2 Å². The third-order valence-corrected chi connectivity index (χ3v) is 5.12. The Morgan fingerprint density at radius 1 is 1.48 bits per heavy atom. The quantitative estimate of drug-likeness (QED) is 0.587. The number of nitrogens with one attached hydrogen (secondary N) is 1. The number of rotatable bonds is 7. The van der Waals surface area contributed by atoms with Gasteiger partial charge in [0.1, 0.15) is 11.1 Å². The smallest absolute Gasteiger partial charge is 0.193 e. The summed E-state index contributed by atoms with van der Waals surface area (Å²) in [7, 11) is 5.49. The molecule has 1 heterocycles. The van der Waals surface area contributed by atoms with Gasteiger partial charge in [0.05, 0.1) is 12.2 Å². The number of nitrogens with zero attached hydrogens (tertiary/aromatic N) is 3. The first kappa shape index (κ1) is 19.7. The maximum Gasteiger partial charge on any atom is 0.193 e. The third-order valence-electron chi connectivity index (χ3n) is 3.83. The van der Waals surface area contributed by atoms with E-state index in [2.05, 4.69) is 31.6 Å². The second-order valence-corrected chi connectivity index (χ2v) is 7.09. The standard InChI is InChI=1S/C18H25ClN4OS/c1-13(24-4)17-22-16(12-25-17)11-23(3)18(20-2)21-9-8-14-6-5-7-15(19)10-14/h5-7,10,12-13H,8-9,11H2,1-4H3,(H,20,21). The Balaban J connectivity index is 1.86. The zero-order valence-corrected chi connectivity index (χ0v) is 16.7. The number of thiazole rings is 1. The highest BCUT2D eigenvalue weighted by Gasteiger charge is 2.12. The van der Waals surface area contributed by atoms with Crippen LogP contribution in [0.2, 0.25) is 5.02 Å². The first-order valence-corrected chi connectivity index (χ1v) is 9.42. The maximum atomic E-state index is 6.02. The van der Waals surface area contributed by atoms with E-state index < -0.39 is 0 Å². The number of halogens is 1. The number of hydrogen-bond acceptors (Lipinski definition) is 4. The molecule has 1 unspecified atom stereocenters. The van der Waals surface area contributed by atoms with E-state index in [4.69, 9.17) is 16.3 Å². The first-order chi connectivity index (χ1) is 12.0. The molecule has 0 fully saturated rings. The van der Waals surface area contributed by atoms with Gasteiger partial charge < -0.3 is 15.0 Å². The highest BCUT2D eigenvalue weighted by Crippen LogP contribution is 2.20. The summed E-state index contributed by atoms with van der Waals surface area (Å²) in [6, 6.07) is 7.93. The van der Waals surface area contributed by atoms with Crippen molar-refractivity contribution in [1.29, 1.82) is 0 Å². The van der Waals surface area contributed by atoms with Crippen molar-refractivity contribution in [3.05, 3.63) is 50.9 Å². The summed E-state index contributed by atoms with van der Waals surface area (Å²) >= 11 is 7.65. The Kier molecular flexibility index (Phi) is 7.68. The summed E-state index contributed by atoms with van der Waals surface area (Å²) in [5, 5.41) is 7.21. The minimum atomic E-state index is 0.0270. The van der Waals surface area contributed by atoms with Gasteiger partial charge in [-0.25, -0.2) is 4.98 Å². The van der Waals surface area contributed by atoms with Gasteiger partial charge in [-0.3, -0.25) is 4.99 Å². The second kappa shape index (κ2) is 9.75. The number of guanidine groups is 1. The van der Waals surface area contributed by atoms with Crippen molar-refractivity contribution in [2.24, 2.45) is 4.99 Å². The van der Waals surface area contributed by atoms with Crippen LogP contribution >= 0.6 is 22.9 Å². The first-order valence-electron chi connectivity index (χ1n) is 8.16. The molecule has 2 aromatic rings. The molecule has 0 aliphatic carbocycles. The van der Waals surface area contributed by atoms with Crippen molar-refractivity contribution in [2.45, 2.75) is 26.0 Å². The molecule has 0 saturated carbocycles. The van der Waals surface area contributed by atoms with E-state index in [1.807, 2.05) is 32.2 Å². The summed E-state index contributed by atoms with van der Waals surface area (Å²) in [6.07, 6.45) is 0.916. The van der Waals surface area contributed by atoms with E-state index in [1.54, 1.807) is 25.5 Å². The Hall–Kier alpha value is -1.63. The molecule has 1 aromatic carbocycles. The van der Waals surface area contributed by atoms with Gasteiger partial charge in [-0.1, -0.05) is 23.7 Å². The third kappa shape index (κ3) is 5.99. The number of aromatic nitrogens is 1. The van der Waals surface area contributed by atoms with E-state index in [9.17, 15) is 0 Å². The predicted molar refractivity (Wildman–Crippen MR) is 106 cm³/mol. The maximum absolute atomic E-state index is 6.02. The Morgan fingerprint density at radius 2 is 2.28 bits per heavy atom. The summed E-state index contributed by atoms with van der Waals surface area (Å²) in [4.78, 5) is 11.0. The molecule has 0 amide bonds. The highest BCUT2D eigenvalue weighted by atomic mass is 35.5. The van der Waals surface area contributed by atoms with Crippen LogP contribution < -0.4 is 5.32 Å². The minimum absolute atomic E-state index is 0.0270. The molecule has 0 saturated heterocycles. The molecule has 7 heteroatoms. The number of benzene rings is 1. The van der Waals surface area contributed by atoms with Gasteiger partial charge in [0.15, 0.2) is 5.96 Å². The lowest BCUT2D eigenvalue weighted by Gasteiger charge is -2.21. The van der Waals surface area contributed by atoms with Crippen LogP contribution in [-0.2, 0) is 17.7 Å². The molecule has 1 atom stereocenters. The molecule has 5 nitrogen and oxygen atoms in total. The van der Waals surface area contributed by atoms with Crippen LogP contribution in [0.5, 0.6) is 0 Å². The van der Waals surface area contributed by atoms with Gasteiger partial charge in [-0.05, 0) is 31.0 Å². The molecule has 1 N–H and O–H groups in total. The number of methoxy groups -OCH3 is 1. The van der Waals surface area contributed by atoms with Crippen LogP contribution in [0.4, 0.5) is 0 Å². The largest absolute Gasteiger partial charge is 0.375 e. The fraction of sp³-hybridized carbons (Fsp3) is 0.444. The molecular formula is C18H25ClN4OS. The molecule has 0 bridgehead atoms. The van der Waals surface area contributed by atoms with E-state index >= 15 is 0 Å². The highest BCUT2D eigenvalue weighted by molar-refractivity contribution is 7.09. The number of hydrogen-bond donors (Lipinski definition) is 1. The monoisotopic (exact) mass is 380 g/mol. The van der Waals surface area contributed by atoms with E-state index in [0.717, 1.165) is 34.6 Å². The summed E-state index contributed by atoms with van der Waals surface area (Å²) in [5.41, 5.74) is 2.22. The normalized spacial score (nSPS) is 12.9. The number of aliphatic imine (C=N–C) groups is 1. The topological polar surface area (TPSA) is 49.8 Å². The van der Waals surface area contributed by atoms with Crippen molar-refractivity contribution < 1.29 is 4.74 Å². The van der Waals surface area contributed by atoms with Crippen LogP contribution in [0.3, 0.4) is 0 Å². The van der Waals surface area contributed by atoms with E-state index in [-0.39, 0.29) is 6.10 Å². The van der Waals surface area contributed by atoms with Gasteiger partial charge in [-0.2, -0.15) is 0 Å². The molecular weight excluding hydrogens is 356 g/mol. The molecule has 0 aliphatic rings. The van der Waals surface area contributed by atoms with Gasteiger partial charge in [0, 0.05) is 38.2 Å². The molecule has 2 rings (SSSR count). The molecule has 136 valence electrons. The Bertz CT molecular complexity index is 704. The Labute approximate surface area is 158 Å². The average Bonchev–Trinajstić information content (AvgIpc) is 3.06. The van der Waals surface area contributed by atoms with Crippen LogP contribution in [-0.4, -0.2) is 43.6 Å². The van der Waals surface area contributed by atoms with Crippen molar-refractivity contribution >= 4 is 28.9 Å². The van der Waals surface area contributed by atoms with Gasteiger partial charge >= 0.3 is 0 Å². The lowest BCUT2D eigenvalue weighted by molar-refractivity contribution is 0.119. The van der Waals surface area contributed by atoms with Crippen LogP contribution in [0.1, 0.15) is 29.3 Å².